The summed E-state index contributed by atoms with van der Waals surface area (Å²) in [5.41, 5.74) is 1.39. The van der Waals surface area contributed by atoms with E-state index in [-0.39, 0.29) is 0 Å². The second kappa shape index (κ2) is 13.2. The van der Waals surface area contributed by atoms with Crippen LogP contribution < -0.4 is 0 Å². The number of rotatable bonds is 4. The zero-order valence-electron chi connectivity index (χ0n) is 19.5. The van der Waals surface area contributed by atoms with Gasteiger partial charge >= 0.3 is 24.3 Å². The molecule has 3 aliphatic heterocycles. The van der Waals surface area contributed by atoms with Gasteiger partial charge in [-0.25, -0.2) is 9.59 Å². The average Bonchev–Trinajstić information content (AvgIpc) is 3.49. The molecule has 2 saturated heterocycles. The highest BCUT2D eigenvalue weighted by atomic mass is 19.4. The highest BCUT2D eigenvalue weighted by Gasteiger charge is 2.39. The summed E-state index contributed by atoms with van der Waals surface area (Å²) in [4.78, 5) is 23.1. The third-order valence-electron chi connectivity index (χ3n) is 6.08. The molecule has 1 unspecified atom stereocenters. The van der Waals surface area contributed by atoms with Gasteiger partial charge in [0, 0.05) is 45.1 Å². The summed E-state index contributed by atoms with van der Waals surface area (Å²) in [5.74, 6) is -5.51. The summed E-state index contributed by atoms with van der Waals surface area (Å²) in [6.07, 6.45) is -1.82. The van der Waals surface area contributed by atoms with Gasteiger partial charge in [0.25, 0.3) is 0 Å². The smallest absolute Gasteiger partial charge is 0.475 e. The van der Waals surface area contributed by atoms with E-state index in [0.717, 1.165) is 26.3 Å². The van der Waals surface area contributed by atoms with E-state index in [2.05, 4.69) is 25.6 Å². The van der Waals surface area contributed by atoms with Crippen molar-refractivity contribution in [2.45, 2.75) is 63.1 Å². The lowest BCUT2D eigenvalue weighted by atomic mass is 10.0. The Morgan fingerprint density at radius 2 is 1.53 bits per heavy atom. The van der Waals surface area contributed by atoms with Crippen LogP contribution in [-0.4, -0.2) is 99.5 Å². The third kappa shape index (κ3) is 9.58. The molecule has 0 bridgehead atoms. The number of halogens is 6. The molecule has 2 fully saturated rings. The van der Waals surface area contributed by atoms with Crippen molar-refractivity contribution in [3.05, 3.63) is 18.0 Å². The molecule has 1 aromatic heterocycles. The van der Waals surface area contributed by atoms with E-state index < -0.39 is 24.3 Å². The maximum absolute atomic E-state index is 10.6. The summed E-state index contributed by atoms with van der Waals surface area (Å²) in [6.45, 7) is 7.89. The van der Waals surface area contributed by atoms with Crippen LogP contribution in [-0.2, 0) is 20.9 Å². The van der Waals surface area contributed by atoms with Gasteiger partial charge in [-0.1, -0.05) is 0 Å². The molecule has 206 valence electrons. The minimum absolute atomic E-state index is 0.544. The maximum Gasteiger partial charge on any atom is 0.490 e. The SMILES string of the molecule is O=C(O)C(F)(F)F.O=C(O)C(F)(F)F.c1cc2n(n1)C(CCN1CCCC1)CN(C1CCOCC1)C2. The van der Waals surface area contributed by atoms with Crippen LogP contribution in [0.4, 0.5) is 26.3 Å². The monoisotopic (exact) mass is 532 g/mol. The van der Waals surface area contributed by atoms with Gasteiger partial charge in [-0.15, -0.1) is 0 Å². The molecule has 0 aliphatic carbocycles. The number of hydrogen-bond acceptors (Lipinski definition) is 6. The Kier molecular flexibility index (Phi) is 11.0. The molecule has 15 heteroatoms. The van der Waals surface area contributed by atoms with Crippen LogP contribution in [0, 0.1) is 0 Å². The predicted octanol–water partition coefficient (Wildman–Crippen LogP) is 3.17. The van der Waals surface area contributed by atoms with Crippen molar-refractivity contribution < 1.29 is 50.9 Å². The highest BCUT2D eigenvalue weighted by Crippen LogP contribution is 2.28. The zero-order chi connectivity index (χ0) is 26.9. The molecule has 1 aromatic rings. The number of carboxylic acid groups (broad SMARTS) is 2. The van der Waals surface area contributed by atoms with E-state index in [1.165, 1.54) is 57.4 Å². The van der Waals surface area contributed by atoms with Crippen molar-refractivity contribution in [3.8, 4) is 0 Å². The normalized spacial score (nSPS) is 21.6. The second-order valence-corrected chi connectivity index (χ2v) is 8.64. The van der Waals surface area contributed by atoms with E-state index in [4.69, 9.17) is 24.5 Å². The molecule has 2 N–H and O–H groups in total. The molecule has 3 aliphatic rings. The first-order chi connectivity index (χ1) is 16.8. The molecule has 0 aromatic carbocycles. The number of nitrogens with zero attached hydrogens (tertiary/aromatic N) is 4. The first kappa shape index (κ1) is 29.8. The number of aliphatic carboxylic acids is 2. The molecular weight excluding hydrogens is 502 g/mol. The lowest BCUT2D eigenvalue weighted by Crippen LogP contribution is -2.46. The summed E-state index contributed by atoms with van der Waals surface area (Å²) in [7, 11) is 0. The molecule has 0 amide bonds. The van der Waals surface area contributed by atoms with Crippen molar-refractivity contribution in [2.24, 2.45) is 0 Å². The Hall–Kier alpha value is -2.39. The van der Waals surface area contributed by atoms with Crippen LogP contribution in [0.25, 0.3) is 0 Å². The van der Waals surface area contributed by atoms with Gasteiger partial charge in [0.1, 0.15) is 0 Å². The maximum atomic E-state index is 10.6. The van der Waals surface area contributed by atoms with E-state index in [0.29, 0.717) is 12.1 Å². The quantitative estimate of drug-likeness (QED) is 0.570. The van der Waals surface area contributed by atoms with Gasteiger partial charge in [0.05, 0.1) is 11.7 Å². The van der Waals surface area contributed by atoms with Crippen molar-refractivity contribution >= 4 is 11.9 Å². The van der Waals surface area contributed by atoms with E-state index in [1.54, 1.807) is 0 Å². The van der Waals surface area contributed by atoms with Crippen LogP contribution in [0.1, 0.15) is 43.8 Å². The number of carbonyl (C=O) groups is 2. The van der Waals surface area contributed by atoms with Crippen LogP contribution in [0.5, 0.6) is 0 Å². The molecule has 0 spiro atoms. The van der Waals surface area contributed by atoms with Crippen molar-refractivity contribution in [1.29, 1.82) is 0 Å². The first-order valence-electron chi connectivity index (χ1n) is 11.5. The molecular formula is C21H30F6N4O5. The number of ether oxygens (including phenoxy) is 1. The largest absolute Gasteiger partial charge is 0.490 e. The third-order valence-corrected chi connectivity index (χ3v) is 6.08. The number of carboxylic acids is 2. The van der Waals surface area contributed by atoms with Crippen LogP contribution in [0.3, 0.4) is 0 Å². The molecule has 9 nitrogen and oxygen atoms in total. The zero-order valence-corrected chi connectivity index (χ0v) is 19.5. The summed E-state index contributed by atoms with van der Waals surface area (Å²) in [5, 5.41) is 18.9. The number of alkyl halides is 6. The van der Waals surface area contributed by atoms with Crippen LogP contribution in [0.15, 0.2) is 12.3 Å². The van der Waals surface area contributed by atoms with Gasteiger partial charge in [0.2, 0.25) is 0 Å². The van der Waals surface area contributed by atoms with Gasteiger partial charge in [-0.05, 0) is 51.3 Å². The summed E-state index contributed by atoms with van der Waals surface area (Å²) in [6, 6.07) is 3.45. The Morgan fingerprint density at radius 1 is 1.00 bits per heavy atom. The topological polar surface area (TPSA) is 108 Å². The molecule has 4 heterocycles. The summed E-state index contributed by atoms with van der Waals surface area (Å²) < 4.78 is 71.3. The fraction of sp³-hybridized carbons (Fsp3) is 0.762. The van der Waals surface area contributed by atoms with Gasteiger partial charge in [-0.2, -0.15) is 31.4 Å². The minimum atomic E-state index is -5.08. The fourth-order valence-corrected chi connectivity index (χ4v) is 4.30. The minimum Gasteiger partial charge on any atom is -0.475 e. The number of fused-ring (bicyclic) bond motifs is 1. The standard InChI is InChI=1S/C17H28N4O.2C2HF3O2/c1-2-9-19(8-1)10-4-17-14-20(15-5-11-22-12-6-15)13-16-3-7-18-21(16)17;2*3-2(4,5)1(6)7/h3,7,15,17H,1-2,4-6,8-14H2;2*(H,6,7). The fourth-order valence-electron chi connectivity index (χ4n) is 4.30. The molecule has 0 radical (unpaired) electrons. The van der Waals surface area contributed by atoms with Gasteiger partial charge < -0.3 is 19.8 Å². The lowest BCUT2D eigenvalue weighted by molar-refractivity contribution is -0.193. The van der Waals surface area contributed by atoms with E-state index in [9.17, 15) is 26.3 Å². The second-order valence-electron chi connectivity index (χ2n) is 8.64. The Morgan fingerprint density at radius 3 is 2.03 bits per heavy atom. The van der Waals surface area contributed by atoms with Crippen LogP contribution in [0.2, 0.25) is 0 Å². The number of likely N-dealkylation sites (tertiary alicyclic amines) is 1. The highest BCUT2D eigenvalue weighted by molar-refractivity contribution is 5.73. The molecule has 0 saturated carbocycles. The molecule has 36 heavy (non-hydrogen) atoms. The molecule has 4 rings (SSSR count). The lowest BCUT2D eigenvalue weighted by Gasteiger charge is -2.40. The Labute approximate surface area is 203 Å². The number of aromatic nitrogens is 2. The Bertz CT molecular complexity index is 811. The molecule has 1 atom stereocenters. The first-order valence-corrected chi connectivity index (χ1v) is 11.5. The van der Waals surface area contributed by atoms with Gasteiger partial charge in [0.15, 0.2) is 0 Å². The summed E-state index contributed by atoms with van der Waals surface area (Å²) >= 11 is 0. The van der Waals surface area contributed by atoms with Crippen LogP contribution >= 0.6 is 0 Å². The van der Waals surface area contributed by atoms with Gasteiger partial charge in [-0.3, -0.25) is 9.58 Å². The Balaban J connectivity index is 0.000000271. The van der Waals surface area contributed by atoms with E-state index >= 15 is 0 Å². The number of hydrogen-bond donors (Lipinski definition) is 2. The van der Waals surface area contributed by atoms with Crippen molar-refractivity contribution in [1.82, 2.24) is 19.6 Å². The van der Waals surface area contributed by atoms with E-state index in [1.807, 2.05) is 6.20 Å². The average molecular weight is 532 g/mol. The van der Waals surface area contributed by atoms with Crippen molar-refractivity contribution in [3.63, 3.8) is 0 Å². The predicted molar refractivity (Wildman–Crippen MR) is 113 cm³/mol. The van der Waals surface area contributed by atoms with Crippen molar-refractivity contribution in [2.75, 3.05) is 39.4 Å².